The van der Waals surface area contributed by atoms with Crippen LogP contribution >= 0.6 is 0 Å². The Hall–Kier alpha value is -1.10. The van der Waals surface area contributed by atoms with Crippen LogP contribution in [0.5, 0.6) is 0 Å². The number of piperidine rings is 2. The first-order valence-corrected chi connectivity index (χ1v) is 8.45. The van der Waals surface area contributed by atoms with Crippen LogP contribution in [0.4, 0.5) is 0 Å². The van der Waals surface area contributed by atoms with E-state index in [9.17, 15) is 9.59 Å². The maximum absolute atomic E-state index is 11.7. The van der Waals surface area contributed by atoms with Gasteiger partial charge < -0.3 is 15.1 Å². The van der Waals surface area contributed by atoms with E-state index in [-0.39, 0.29) is 11.8 Å². The smallest absolute Gasteiger partial charge is 0.222 e. The van der Waals surface area contributed by atoms with Gasteiger partial charge in [0.05, 0.1) is 0 Å². The summed E-state index contributed by atoms with van der Waals surface area (Å²) in [5.41, 5.74) is 0. The summed E-state index contributed by atoms with van der Waals surface area (Å²) in [6.07, 6.45) is 5.45. The van der Waals surface area contributed by atoms with Gasteiger partial charge in [0.2, 0.25) is 11.8 Å². The van der Waals surface area contributed by atoms with Crippen molar-refractivity contribution in [3.05, 3.63) is 0 Å². The molecule has 0 unspecified atom stereocenters. The van der Waals surface area contributed by atoms with Gasteiger partial charge in [-0.2, -0.15) is 0 Å². The number of rotatable bonds is 4. The molecule has 21 heavy (non-hydrogen) atoms. The molecule has 2 saturated heterocycles. The number of nitrogens with zero attached hydrogens (tertiary/aromatic N) is 2. The molecule has 0 aliphatic carbocycles. The number of carbonyl (C=O) groups is 2. The molecule has 0 aromatic carbocycles. The predicted molar refractivity (Wildman–Crippen MR) is 82.9 cm³/mol. The van der Waals surface area contributed by atoms with E-state index in [1.807, 2.05) is 23.6 Å². The first-order chi connectivity index (χ1) is 10.1. The van der Waals surface area contributed by atoms with Crippen molar-refractivity contribution in [2.45, 2.75) is 64.5 Å². The lowest BCUT2D eigenvalue weighted by Gasteiger charge is -2.37. The number of nitrogens with one attached hydrogen (secondary N) is 1. The SMILES string of the molecule is CCC(=O)N1CCC(NC2CCN(C(=O)CC)CC2)CC1. The molecule has 0 aromatic rings. The Morgan fingerprint density at radius 1 is 0.810 bits per heavy atom. The highest BCUT2D eigenvalue weighted by atomic mass is 16.2. The van der Waals surface area contributed by atoms with E-state index in [2.05, 4.69) is 5.32 Å². The second-order valence-electron chi connectivity index (χ2n) is 6.18. The topological polar surface area (TPSA) is 52.7 Å². The Labute approximate surface area is 128 Å². The summed E-state index contributed by atoms with van der Waals surface area (Å²) in [6.45, 7) is 7.40. The van der Waals surface area contributed by atoms with Crippen LogP contribution in [-0.2, 0) is 9.59 Å². The molecule has 2 fully saturated rings. The molecule has 5 nitrogen and oxygen atoms in total. The highest BCUT2D eigenvalue weighted by Gasteiger charge is 2.26. The molecule has 5 heteroatoms. The number of likely N-dealkylation sites (tertiary alicyclic amines) is 2. The average molecular weight is 295 g/mol. The first kappa shape index (κ1) is 16.3. The van der Waals surface area contributed by atoms with Gasteiger partial charge in [-0.05, 0) is 25.7 Å². The zero-order chi connectivity index (χ0) is 15.2. The summed E-state index contributed by atoms with van der Waals surface area (Å²) in [4.78, 5) is 27.3. The second kappa shape index (κ2) is 7.78. The van der Waals surface area contributed by atoms with Crippen molar-refractivity contribution in [1.82, 2.24) is 15.1 Å². The van der Waals surface area contributed by atoms with Gasteiger partial charge in [-0.1, -0.05) is 13.8 Å². The van der Waals surface area contributed by atoms with E-state index >= 15 is 0 Å². The van der Waals surface area contributed by atoms with E-state index in [0.717, 1.165) is 51.9 Å². The fourth-order valence-corrected chi connectivity index (χ4v) is 3.37. The third-order valence-electron chi connectivity index (χ3n) is 4.77. The Bertz CT molecular complexity index is 323. The van der Waals surface area contributed by atoms with Crippen LogP contribution in [0.3, 0.4) is 0 Å². The zero-order valence-electron chi connectivity index (χ0n) is 13.4. The molecule has 0 bridgehead atoms. The summed E-state index contributed by atoms with van der Waals surface area (Å²) in [7, 11) is 0. The third-order valence-corrected chi connectivity index (χ3v) is 4.77. The van der Waals surface area contributed by atoms with Crippen LogP contribution in [0.2, 0.25) is 0 Å². The number of amides is 2. The van der Waals surface area contributed by atoms with Crippen molar-refractivity contribution in [2.75, 3.05) is 26.2 Å². The summed E-state index contributed by atoms with van der Waals surface area (Å²) < 4.78 is 0. The maximum atomic E-state index is 11.7. The summed E-state index contributed by atoms with van der Waals surface area (Å²) >= 11 is 0. The van der Waals surface area contributed by atoms with Gasteiger partial charge in [0.25, 0.3) is 0 Å². The number of carbonyl (C=O) groups excluding carboxylic acids is 2. The fraction of sp³-hybridized carbons (Fsp3) is 0.875. The normalized spacial score (nSPS) is 21.6. The van der Waals surface area contributed by atoms with Gasteiger partial charge in [-0.25, -0.2) is 0 Å². The fourth-order valence-electron chi connectivity index (χ4n) is 3.37. The van der Waals surface area contributed by atoms with Crippen molar-refractivity contribution in [2.24, 2.45) is 0 Å². The first-order valence-electron chi connectivity index (χ1n) is 8.45. The van der Waals surface area contributed by atoms with Crippen molar-refractivity contribution >= 4 is 11.8 Å². The van der Waals surface area contributed by atoms with Crippen LogP contribution in [-0.4, -0.2) is 59.9 Å². The van der Waals surface area contributed by atoms with E-state index < -0.39 is 0 Å². The van der Waals surface area contributed by atoms with Crippen molar-refractivity contribution in [3.63, 3.8) is 0 Å². The Kier molecular flexibility index (Phi) is 6.03. The molecule has 2 amide bonds. The highest BCUT2D eigenvalue weighted by molar-refractivity contribution is 5.76. The molecular formula is C16H29N3O2. The van der Waals surface area contributed by atoms with Gasteiger partial charge in [0, 0.05) is 51.1 Å². The van der Waals surface area contributed by atoms with Gasteiger partial charge in [-0.3, -0.25) is 9.59 Å². The van der Waals surface area contributed by atoms with E-state index in [0.29, 0.717) is 24.9 Å². The zero-order valence-corrected chi connectivity index (χ0v) is 13.4. The van der Waals surface area contributed by atoms with Crippen molar-refractivity contribution in [3.8, 4) is 0 Å². The molecule has 0 aromatic heterocycles. The highest BCUT2D eigenvalue weighted by Crippen LogP contribution is 2.16. The molecule has 0 atom stereocenters. The minimum atomic E-state index is 0.278. The summed E-state index contributed by atoms with van der Waals surface area (Å²) in [5.74, 6) is 0.555. The predicted octanol–water partition coefficient (Wildman–Crippen LogP) is 1.38. The number of hydrogen-bond donors (Lipinski definition) is 1. The molecule has 0 saturated carbocycles. The summed E-state index contributed by atoms with van der Waals surface area (Å²) in [5, 5.41) is 3.74. The van der Waals surface area contributed by atoms with Crippen LogP contribution in [0.1, 0.15) is 52.4 Å². The van der Waals surface area contributed by atoms with Crippen molar-refractivity contribution in [1.29, 1.82) is 0 Å². The van der Waals surface area contributed by atoms with E-state index in [1.54, 1.807) is 0 Å². The largest absolute Gasteiger partial charge is 0.343 e. The molecular weight excluding hydrogens is 266 g/mol. The Balaban J connectivity index is 1.68. The monoisotopic (exact) mass is 295 g/mol. The second-order valence-corrected chi connectivity index (χ2v) is 6.18. The van der Waals surface area contributed by atoms with Gasteiger partial charge >= 0.3 is 0 Å². The summed E-state index contributed by atoms with van der Waals surface area (Å²) in [6, 6.07) is 1.06. The Morgan fingerprint density at radius 3 is 1.43 bits per heavy atom. The molecule has 2 aliphatic heterocycles. The van der Waals surface area contributed by atoms with Crippen LogP contribution in [0.15, 0.2) is 0 Å². The van der Waals surface area contributed by atoms with Crippen LogP contribution in [0.25, 0.3) is 0 Å². The van der Waals surface area contributed by atoms with Crippen molar-refractivity contribution < 1.29 is 9.59 Å². The molecule has 2 heterocycles. The molecule has 2 rings (SSSR count). The minimum Gasteiger partial charge on any atom is -0.343 e. The Morgan fingerprint density at radius 2 is 1.14 bits per heavy atom. The van der Waals surface area contributed by atoms with Gasteiger partial charge in [0.1, 0.15) is 0 Å². The molecule has 0 radical (unpaired) electrons. The lowest BCUT2D eigenvalue weighted by Crippen LogP contribution is -2.51. The quantitative estimate of drug-likeness (QED) is 0.852. The number of hydrogen-bond acceptors (Lipinski definition) is 3. The standard InChI is InChI=1S/C16H29N3O2/c1-3-15(20)18-9-5-13(6-10-18)17-14-7-11-19(12-8-14)16(21)4-2/h13-14,17H,3-12H2,1-2H3. The van der Waals surface area contributed by atoms with Gasteiger partial charge in [-0.15, -0.1) is 0 Å². The minimum absolute atomic E-state index is 0.278. The molecule has 2 aliphatic rings. The maximum Gasteiger partial charge on any atom is 0.222 e. The average Bonchev–Trinajstić information content (AvgIpc) is 2.55. The van der Waals surface area contributed by atoms with Gasteiger partial charge in [0.15, 0.2) is 0 Å². The van der Waals surface area contributed by atoms with Crippen LogP contribution in [0, 0.1) is 0 Å². The molecule has 120 valence electrons. The third kappa shape index (κ3) is 4.43. The molecule has 0 spiro atoms. The lowest BCUT2D eigenvalue weighted by atomic mass is 9.99. The van der Waals surface area contributed by atoms with Crippen LogP contribution < -0.4 is 5.32 Å². The lowest BCUT2D eigenvalue weighted by molar-refractivity contribution is -0.132. The van der Waals surface area contributed by atoms with E-state index in [1.165, 1.54) is 0 Å². The molecule has 1 N–H and O–H groups in total. The van der Waals surface area contributed by atoms with E-state index in [4.69, 9.17) is 0 Å².